The number of methoxy groups -OCH3 is 1. The first-order valence-electron chi connectivity index (χ1n) is 8.21. The molecule has 2 aromatic heterocycles. The van der Waals surface area contributed by atoms with E-state index in [0.29, 0.717) is 21.4 Å². The van der Waals surface area contributed by atoms with Crippen molar-refractivity contribution in [2.24, 2.45) is 0 Å². The molecule has 0 saturated carbocycles. The minimum absolute atomic E-state index is 0.116. The van der Waals surface area contributed by atoms with Gasteiger partial charge in [0, 0.05) is 16.8 Å². The first-order chi connectivity index (χ1) is 13.9. The number of aromatic nitrogens is 2. The maximum Gasteiger partial charge on any atom is 0.351 e. The van der Waals surface area contributed by atoms with Gasteiger partial charge in [-0.05, 0) is 19.1 Å². The molecule has 1 amide bonds. The van der Waals surface area contributed by atoms with Crippen LogP contribution in [0.15, 0.2) is 23.8 Å². The number of hydrogen-bond donors (Lipinski definition) is 1. The number of ether oxygens (including phenoxy) is 2. The molecule has 1 aromatic carbocycles. The quantitative estimate of drug-likeness (QED) is 0.499. The van der Waals surface area contributed by atoms with Crippen molar-refractivity contribution in [1.29, 1.82) is 0 Å². The van der Waals surface area contributed by atoms with Gasteiger partial charge in [-0.1, -0.05) is 23.2 Å². The highest BCUT2D eigenvalue weighted by molar-refractivity contribution is 7.12. The van der Waals surface area contributed by atoms with Crippen LogP contribution in [-0.2, 0) is 22.6 Å². The van der Waals surface area contributed by atoms with Crippen LogP contribution in [0, 0.1) is 6.92 Å². The number of aryl methyl sites for hydroxylation is 1. The van der Waals surface area contributed by atoms with Gasteiger partial charge in [0.2, 0.25) is 5.91 Å². The second-order valence-electron chi connectivity index (χ2n) is 5.72. The predicted molar refractivity (Wildman–Crippen MR) is 113 cm³/mol. The number of hydrogen-bond acceptors (Lipinski definition) is 8. The number of thiazole rings is 2. The Labute approximate surface area is 184 Å². The number of halogens is 2. The summed E-state index contributed by atoms with van der Waals surface area (Å²) in [5, 5.41) is 4.20. The summed E-state index contributed by atoms with van der Waals surface area (Å²) in [6, 6.07) is 3.20. The molecule has 152 valence electrons. The van der Waals surface area contributed by atoms with Gasteiger partial charge in [0.15, 0.2) is 10.7 Å². The Balaban J connectivity index is 1.77. The summed E-state index contributed by atoms with van der Waals surface area (Å²) in [5.41, 5.74) is 1.88. The summed E-state index contributed by atoms with van der Waals surface area (Å²) in [5.74, 6) is -0.546. The highest BCUT2D eigenvalue weighted by Gasteiger charge is 2.21. The third kappa shape index (κ3) is 5.24. The van der Waals surface area contributed by atoms with Crippen LogP contribution in [0.25, 0.3) is 0 Å². The number of amides is 1. The van der Waals surface area contributed by atoms with Crippen LogP contribution in [0.1, 0.15) is 25.1 Å². The number of nitrogens with one attached hydrogen (secondary N) is 1. The second kappa shape index (κ2) is 9.53. The molecule has 11 heteroatoms. The van der Waals surface area contributed by atoms with Gasteiger partial charge >= 0.3 is 5.97 Å². The Hall–Kier alpha value is -2.20. The fourth-order valence-electron chi connectivity index (χ4n) is 2.42. The second-order valence-corrected chi connectivity index (χ2v) is 8.71. The zero-order valence-corrected chi connectivity index (χ0v) is 18.5. The molecule has 3 aromatic rings. The highest BCUT2D eigenvalue weighted by Crippen LogP contribution is 2.35. The van der Waals surface area contributed by atoms with E-state index in [2.05, 4.69) is 20.0 Å². The van der Waals surface area contributed by atoms with Crippen molar-refractivity contribution in [1.82, 2.24) is 9.97 Å². The minimum atomic E-state index is -0.576. The largest absolute Gasteiger partial charge is 0.486 e. The predicted octanol–water partition coefficient (Wildman–Crippen LogP) is 4.76. The summed E-state index contributed by atoms with van der Waals surface area (Å²) in [4.78, 5) is 33.6. The smallest absolute Gasteiger partial charge is 0.351 e. The molecule has 0 fully saturated rings. The van der Waals surface area contributed by atoms with Gasteiger partial charge in [-0.2, -0.15) is 0 Å². The van der Waals surface area contributed by atoms with E-state index in [1.54, 1.807) is 18.3 Å². The Morgan fingerprint density at radius 2 is 1.97 bits per heavy atom. The van der Waals surface area contributed by atoms with E-state index in [4.69, 9.17) is 27.9 Å². The molecule has 0 aliphatic heterocycles. The van der Waals surface area contributed by atoms with E-state index in [0.717, 1.165) is 21.2 Å². The third-order valence-electron chi connectivity index (χ3n) is 3.72. The fourth-order valence-corrected chi connectivity index (χ4v) is 4.23. The van der Waals surface area contributed by atoms with E-state index in [-0.39, 0.29) is 23.7 Å². The molecule has 29 heavy (non-hydrogen) atoms. The summed E-state index contributed by atoms with van der Waals surface area (Å²) < 4.78 is 10.5. The molecule has 1 N–H and O–H groups in total. The summed E-state index contributed by atoms with van der Waals surface area (Å²) in [7, 11) is 1.26. The van der Waals surface area contributed by atoms with Crippen molar-refractivity contribution in [2.45, 2.75) is 20.0 Å². The van der Waals surface area contributed by atoms with E-state index in [9.17, 15) is 9.59 Å². The summed E-state index contributed by atoms with van der Waals surface area (Å²) >= 11 is 15.2. The molecule has 0 bridgehead atoms. The molecule has 7 nitrogen and oxygen atoms in total. The van der Waals surface area contributed by atoms with Gasteiger partial charge in [-0.25, -0.2) is 14.8 Å². The first kappa shape index (κ1) is 21.5. The van der Waals surface area contributed by atoms with Crippen LogP contribution in [-0.4, -0.2) is 29.0 Å². The zero-order chi connectivity index (χ0) is 21.0. The third-order valence-corrected chi connectivity index (χ3v) is 6.06. The highest BCUT2D eigenvalue weighted by atomic mass is 35.5. The lowest BCUT2D eigenvalue weighted by molar-refractivity contribution is -0.115. The van der Waals surface area contributed by atoms with Crippen molar-refractivity contribution < 1.29 is 19.1 Å². The number of esters is 1. The van der Waals surface area contributed by atoms with Crippen LogP contribution in [0.5, 0.6) is 5.75 Å². The van der Waals surface area contributed by atoms with Crippen molar-refractivity contribution >= 4 is 63.6 Å². The number of anilines is 1. The Morgan fingerprint density at radius 1 is 1.21 bits per heavy atom. The average Bonchev–Trinajstić information content (AvgIpc) is 3.32. The van der Waals surface area contributed by atoms with Crippen LogP contribution >= 0.6 is 45.9 Å². The normalized spacial score (nSPS) is 10.6. The van der Waals surface area contributed by atoms with Gasteiger partial charge in [0.1, 0.15) is 12.4 Å². The summed E-state index contributed by atoms with van der Waals surface area (Å²) in [6.45, 7) is 2.15. The van der Waals surface area contributed by atoms with Gasteiger partial charge < -0.3 is 14.8 Å². The first-order valence-corrected chi connectivity index (χ1v) is 10.7. The Bertz CT molecular complexity index is 1050. The van der Waals surface area contributed by atoms with Crippen molar-refractivity contribution in [2.75, 3.05) is 12.4 Å². The maximum absolute atomic E-state index is 12.6. The minimum Gasteiger partial charge on any atom is -0.486 e. The molecule has 0 aliphatic carbocycles. The number of carbonyl (C=O) groups excluding carboxylic acids is 2. The lowest BCUT2D eigenvalue weighted by Gasteiger charge is -2.14. The van der Waals surface area contributed by atoms with Crippen LogP contribution in [0.4, 0.5) is 5.82 Å². The van der Waals surface area contributed by atoms with Gasteiger partial charge in [-0.3, -0.25) is 4.79 Å². The average molecular weight is 472 g/mol. The molecule has 0 saturated heterocycles. The van der Waals surface area contributed by atoms with Crippen LogP contribution in [0.3, 0.4) is 0 Å². The van der Waals surface area contributed by atoms with E-state index in [1.807, 2.05) is 6.92 Å². The Kier molecular flexibility index (Phi) is 7.07. The van der Waals surface area contributed by atoms with E-state index in [1.165, 1.54) is 24.0 Å². The SMILES string of the molecule is COC(=O)c1scnc1NC(=O)Cc1c(Cl)ccc(Cl)c1OCc1cnc(C)s1. The summed E-state index contributed by atoms with van der Waals surface area (Å²) in [6.07, 6.45) is 1.61. The van der Waals surface area contributed by atoms with Gasteiger partial charge in [-0.15, -0.1) is 22.7 Å². The van der Waals surface area contributed by atoms with Crippen molar-refractivity contribution in [3.63, 3.8) is 0 Å². The monoisotopic (exact) mass is 471 g/mol. The molecule has 0 aliphatic rings. The van der Waals surface area contributed by atoms with Crippen LogP contribution < -0.4 is 10.1 Å². The Morgan fingerprint density at radius 3 is 2.66 bits per heavy atom. The lowest BCUT2D eigenvalue weighted by atomic mass is 10.1. The molecule has 2 heterocycles. The number of benzene rings is 1. The van der Waals surface area contributed by atoms with Gasteiger partial charge in [0.05, 0.1) is 33.9 Å². The van der Waals surface area contributed by atoms with Gasteiger partial charge in [0.25, 0.3) is 0 Å². The maximum atomic E-state index is 12.6. The molecule has 0 atom stereocenters. The number of rotatable bonds is 7. The van der Waals surface area contributed by atoms with Crippen molar-refractivity contribution in [3.05, 3.63) is 54.2 Å². The zero-order valence-electron chi connectivity index (χ0n) is 15.3. The number of nitrogens with zero attached hydrogens (tertiary/aromatic N) is 2. The standard InChI is InChI=1S/C18H15Cl2N3O4S2/c1-9-21-6-10(29-9)7-27-15-11(12(19)3-4-13(15)20)5-14(24)23-17-16(18(25)26-2)28-8-22-17/h3-4,6,8H,5,7H2,1-2H3,(H,23,24). The van der Waals surface area contributed by atoms with Crippen LogP contribution in [0.2, 0.25) is 10.0 Å². The molecule has 0 unspecified atom stereocenters. The molecule has 3 rings (SSSR count). The lowest BCUT2D eigenvalue weighted by Crippen LogP contribution is -2.17. The van der Waals surface area contributed by atoms with E-state index >= 15 is 0 Å². The topological polar surface area (TPSA) is 90.4 Å². The van der Waals surface area contributed by atoms with E-state index < -0.39 is 11.9 Å². The molecule has 0 radical (unpaired) electrons. The molecular formula is C18H15Cl2N3O4S2. The number of carbonyl (C=O) groups is 2. The van der Waals surface area contributed by atoms with Crippen molar-refractivity contribution in [3.8, 4) is 5.75 Å². The molecule has 0 spiro atoms. The fraction of sp³-hybridized carbons (Fsp3) is 0.222. The molecular weight excluding hydrogens is 457 g/mol.